The summed E-state index contributed by atoms with van der Waals surface area (Å²) in [4.78, 5) is 27.8. The van der Waals surface area contributed by atoms with Gasteiger partial charge in [0.05, 0.1) is 17.5 Å². The van der Waals surface area contributed by atoms with Crippen molar-refractivity contribution >= 4 is 44.3 Å². The Morgan fingerprint density at radius 1 is 1.20 bits per heavy atom. The summed E-state index contributed by atoms with van der Waals surface area (Å²) in [5.41, 5.74) is 0.333. The van der Waals surface area contributed by atoms with Crippen molar-refractivity contribution in [2.45, 2.75) is 17.7 Å². The van der Waals surface area contributed by atoms with Crippen molar-refractivity contribution in [3.8, 4) is 5.75 Å². The van der Waals surface area contributed by atoms with Crippen LogP contribution in [0.1, 0.15) is 0 Å². The molecule has 2 atom stereocenters. The molecular weight excluding hydrogens is 453 g/mol. The minimum atomic E-state index is -4.86. The van der Waals surface area contributed by atoms with Crippen LogP contribution in [-0.4, -0.2) is 72.9 Å². The maximum atomic E-state index is 12.4. The molecule has 2 heterocycles. The van der Waals surface area contributed by atoms with E-state index in [1.165, 1.54) is 17.0 Å². The second kappa shape index (κ2) is 8.43. The maximum Gasteiger partial charge on any atom is 0.573 e. The molecule has 9 nitrogen and oxygen atoms in total. The number of thioether (sulfide) groups is 1. The molecule has 2 fully saturated rings. The number of hydrogen-bond donors (Lipinski definition) is 1. The van der Waals surface area contributed by atoms with Gasteiger partial charge in [-0.25, -0.2) is 13.2 Å². The molecule has 30 heavy (non-hydrogen) atoms. The number of ether oxygens (including phenoxy) is 2. The lowest BCUT2D eigenvalue weighted by Crippen LogP contribution is -2.37. The third kappa shape index (κ3) is 5.64. The SMILES string of the molecule is O=C(O)COCC(=O)N=C1S[C@H]2CS(=O)(=O)C[C@@H]2N1c1ccc(OC(F)(F)F)cc1. The zero-order valence-corrected chi connectivity index (χ0v) is 16.7. The molecule has 0 aromatic heterocycles. The number of carboxylic acids is 1. The average Bonchev–Trinajstić information content (AvgIpc) is 3.05. The molecular formula is C16H15F3N2O7S2. The quantitative estimate of drug-likeness (QED) is 0.658. The number of aliphatic imine (C=N–C) groups is 1. The molecule has 0 unspecified atom stereocenters. The molecule has 0 radical (unpaired) electrons. The molecule has 14 heteroatoms. The fourth-order valence-electron chi connectivity index (χ4n) is 3.04. The summed E-state index contributed by atoms with van der Waals surface area (Å²) in [5.74, 6) is -2.81. The summed E-state index contributed by atoms with van der Waals surface area (Å²) >= 11 is 1.06. The molecule has 2 saturated heterocycles. The van der Waals surface area contributed by atoms with E-state index in [2.05, 4.69) is 9.73 Å². The van der Waals surface area contributed by atoms with Gasteiger partial charge in [0.1, 0.15) is 19.0 Å². The minimum absolute atomic E-state index is 0.128. The van der Waals surface area contributed by atoms with Gasteiger partial charge in [0.2, 0.25) is 0 Å². The normalized spacial score (nSPS) is 24.1. The second-order valence-corrected chi connectivity index (χ2v) is 9.75. The summed E-state index contributed by atoms with van der Waals surface area (Å²) in [6, 6.07) is 4.19. The van der Waals surface area contributed by atoms with Gasteiger partial charge in [0.25, 0.3) is 5.91 Å². The molecule has 0 saturated carbocycles. The predicted octanol–water partition coefficient (Wildman–Crippen LogP) is 1.29. The number of carbonyl (C=O) groups excluding carboxylic acids is 1. The van der Waals surface area contributed by atoms with Gasteiger partial charge in [-0.2, -0.15) is 4.99 Å². The molecule has 164 valence electrons. The van der Waals surface area contributed by atoms with Gasteiger partial charge in [-0.1, -0.05) is 11.8 Å². The number of anilines is 1. The summed E-state index contributed by atoms with van der Waals surface area (Å²) in [7, 11) is -3.32. The average molecular weight is 468 g/mol. The Balaban J connectivity index is 1.83. The molecule has 2 aliphatic rings. The Morgan fingerprint density at radius 2 is 1.87 bits per heavy atom. The molecule has 1 aromatic rings. The number of amidine groups is 1. The Hall–Kier alpha value is -2.32. The van der Waals surface area contributed by atoms with E-state index < -0.39 is 58.3 Å². The number of alkyl halides is 3. The zero-order valence-electron chi connectivity index (χ0n) is 15.0. The number of halogens is 3. The van der Waals surface area contributed by atoms with Crippen LogP contribution in [0.5, 0.6) is 5.75 Å². The molecule has 3 rings (SSSR count). The van der Waals surface area contributed by atoms with Crippen LogP contribution in [-0.2, 0) is 24.2 Å². The van der Waals surface area contributed by atoms with Crippen LogP contribution >= 0.6 is 11.8 Å². The summed E-state index contributed by atoms with van der Waals surface area (Å²) in [6.45, 7) is -1.27. The Kier molecular flexibility index (Phi) is 6.29. The Labute approximate surface area is 172 Å². The number of carboxylic acid groups (broad SMARTS) is 1. The maximum absolute atomic E-state index is 12.4. The van der Waals surface area contributed by atoms with Crippen LogP contribution in [0.25, 0.3) is 0 Å². The number of amides is 1. The largest absolute Gasteiger partial charge is 0.573 e. The fraction of sp³-hybridized carbons (Fsp3) is 0.438. The third-order valence-corrected chi connectivity index (χ3v) is 7.30. The molecule has 1 N–H and O–H groups in total. The van der Waals surface area contributed by atoms with Gasteiger partial charge in [-0.05, 0) is 24.3 Å². The number of rotatable bonds is 6. The minimum Gasteiger partial charge on any atom is -0.480 e. The number of nitrogens with zero attached hydrogens (tertiary/aromatic N) is 2. The van der Waals surface area contributed by atoms with Crippen LogP contribution in [0.2, 0.25) is 0 Å². The first-order chi connectivity index (χ1) is 13.9. The van der Waals surface area contributed by atoms with Crippen LogP contribution in [0.3, 0.4) is 0 Å². The van der Waals surface area contributed by atoms with Crippen LogP contribution in [0.15, 0.2) is 29.3 Å². The number of benzene rings is 1. The molecule has 0 bridgehead atoms. The van der Waals surface area contributed by atoms with Gasteiger partial charge in [-0.3, -0.25) is 4.79 Å². The lowest BCUT2D eigenvalue weighted by atomic mass is 10.2. The highest BCUT2D eigenvalue weighted by atomic mass is 32.2. The topological polar surface area (TPSA) is 123 Å². The van der Waals surface area contributed by atoms with E-state index in [1.807, 2.05) is 0 Å². The van der Waals surface area contributed by atoms with Crippen LogP contribution in [0.4, 0.5) is 18.9 Å². The van der Waals surface area contributed by atoms with Crippen molar-refractivity contribution in [3.63, 3.8) is 0 Å². The third-order valence-electron chi connectivity index (χ3n) is 4.09. The van der Waals surface area contributed by atoms with Crippen molar-refractivity contribution in [2.24, 2.45) is 4.99 Å². The van der Waals surface area contributed by atoms with Crippen molar-refractivity contribution in [1.82, 2.24) is 0 Å². The van der Waals surface area contributed by atoms with Gasteiger partial charge in [0, 0.05) is 10.9 Å². The summed E-state index contributed by atoms with van der Waals surface area (Å²) < 4.78 is 69.6. The van der Waals surface area contributed by atoms with Crippen LogP contribution in [0, 0.1) is 0 Å². The number of fused-ring (bicyclic) bond motifs is 1. The van der Waals surface area contributed by atoms with Crippen molar-refractivity contribution in [2.75, 3.05) is 29.6 Å². The smallest absolute Gasteiger partial charge is 0.480 e. The molecule has 2 aliphatic heterocycles. The molecule has 1 amide bonds. The second-order valence-electron chi connectivity index (χ2n) is 6.39. The summed E-state index contributed by atoms with van der Waals surface area (Å²) in [5, 5.41) is 8.28. The Morgan fingerprint density at radius 3 is 2.47 bits per heavy atom. The van der Waals surface area contributed by atoms with E-state index in [-0.39, 0.29) is 16.7 Å². The molecule has 0 aliphatic carbocycles. The van der Waals surface area contributed by atoms with E-state index in [4.69, 9.17) is 9.84 Å². The van der Waals surface area contributed by atoms with Crippen molar-refractivity contribution in [3.05, 3.63) is 24.3 Å². The van der Waals surface area contributed by atoms with Crippen LogP contribution < -0.4 is 9.64 Å². The van der Waals surface area contributed by atoms with E-state index in [0.717, 1.165) is 23.9 Å². The Bertz CT molecular complexity index is 964. The highest BCUT2D eigenvalue weighted by molar-refractivity contribution is 8.16. The highest BCUT2D eigenvalue weighted by Gasteiger charge is 2.49. The lowest BCUT2D eigenvalue weighted by molar-refractivity contribution is -0.274. The number of hydrogen-bond acceptors (Lipinski definition) is 7. The van der Waals surface area contributed by atoms with E-state index in [1.54, 1.807) is 0 Å². The molecule has 0 spiro atoms. The van der Waals surface area contributed by atoms with Crippen molar-refractivity contribution < 1.29 is 45.8 Å². The standard InChI is InChI=1S/C16H15F3N2O7S2/c17-16(18,19)28-10-3-1-9(2-4-10)21-11-7-30(25,26)8-12(11)29-15(21)20-13(22)5-27-6-14(23)24/h1-4,11-12H,5-8H2,(H,23,24)/t11-,12-/m0/s1. The van der Waals surface area contributed by atoms with Gasteiger partial charge >= 0.3 is 12.3 Å². The first kappa shape index (κ1) is 22.4. The van der Waals surface area contributed by atoms with E-state index >= 15 is 0 Å². The van der Waals surface area contributed by atoms with Gasteiger partial charge in [0.15, 0.2) is 15.0 Å². The van der Waals surface area contributed by atoms with Gasteiger partial charge < -0.3 is 19.5 Å². The first-order valence-electron chi connectivity index (χ1n) is 8.37. The number of aliphatic carboxylic acids is 1. The fourth-order valence-corrected chi connectivity index (χ4v) is 6.97. The van der Waals surface area contributed by atoms with E-state index in [0.29, 0.717) is 5.69 Å². The summed E-state index contributed by atoms with van der Waals surface area (Å²) in [6.07, 6.45) is -4.86. The zero-order chi connectivity index (χ0) is 22.1. The number of carbonyl (C=O) groups is 2. The van der Waals surface area contributed by atoms with E-state index in [9.17, 15) is 31.2 Å². The van der Waals surface area contributed by atoms with Crippen molar-refractivity contribution in [1.29, 1.82) is 0 Å². The molecule has 1 aromatic carbocycles. The highest BCUT2D eigenvalue weighted by Crippen LogP contribution is 2.41. The monoisotopic (exact) mass is 468 g/mol. The van der Waals surface area contributed by atoms with Gasteiger partial charge in [-0.15, -0.1) is 13.2 Å². The predicted molar refractivity (Wildman–Crippen MR) is 100 cm³/mol. The number of sulfone groups is 1. The lowest BCUT2D eigenvalue weighted by Gasteiger charge is -2.24. The first-order valence-corrected chi connectivity index (χ1v) is 11.1.